The predicted octanol–water partition coefficient (Wildman–Crippen LogP) is 2.14. The summed E-state index contributed by atoms with van der Waals surface area (Å²) in [6.45, 7) is 4.20. The van der Waals surface area contributed by atoms with E-state index in [1.807, 2.05) is 4.90 Å². The van der Waals surface area contributed by atoms with E-state index >= 15 is 0 Å². The van der Waals surface area contributed by atoms with Gasteiger partial charge in [0.05, 0.1) is 35.5 Å². The fourth-order valence-electron chi connectivity index (χ4n) is 4.67. The molecule has 2 saturated heterocycles. The minimum absolute atomic E-state index is 0.0865. The monoisotopic (exact) mass is 481 g/mol. The first-order chi connectivity index (χ1) is 15.7. The number of urea groups is 1. The lowest BCUT2D eigenvalue weighted by atomic mass is 9.94. The lowest BCUT2D eigenvalue weighted by Gasteiger charge is -2.41. The van der Waals surface area contributed by atoms with Crippen LogP contribution < -0.4 is 15.8 Å². The summed E-state index contributed by atoms with van der Waals surface area (Å²) in [5.74, 6) is 0.688. The predicted molar refractivity (Wildman–Crippen MR) is 129 cm³/mol. The Morgan fingerprint density at radius 2 is 1.88 bits per heavy atom. The number of carbonyl (C=O) groups excluding carboxylic acids is 2. The molecule has 1 aromatic carbocycles. The fraction of sp³-hybridized carbons (Fsp3) is 0.652. The van der Waals surface area contributed by atoms with Crippen molar-refractivity contribution in [2.24, 2.45) is 5.92 Å². The third-order valence-electron chi connectivity index (χ3n) is 6.61. The molecule has 2 fully saturated rings. The van der Waals surface area contributed by atoms with Crippen LogP contribution in [0.25, 0.3) is 0 Å². The van der Waals surface area contributed by atoms with Crippen LogP contribution in [0.5, 0.6) is 5.75 Å². The van der Waals surface area contributed by atoms with Gasteiger partial charge in [0.2, 0.25) is 0 Å². The molecule has 1 aromatic rings. The molecule has 9 nitrogen and oxygen atoms in total. The van der Waals surface area contributed by atoms with E-state index in [2.05, 4.69) is 10.2 Å². The van der Waals surface area contributed by atoms with E-state index in [1.165, 1.54) is 13.2 Å². The standard InChI is InChI=1S/C23H36ClN5O4/c1-27(2)23(31)29-9-5-15(6-10-29)13-28-8-7-19(21(14-28)33-4)26-22(30)16-11-17(24)18(25)12-20(16)32-3/h11-12,15,19,21H,5-10,13-14,25H2,1-4H3,(H,26,30)/t19-,21+/m0/s1. The van der Waals surface area contributed by atoms with Crippen molar-refractivity contribution in [2.75, 3.05) is 66.8 Å². The van der Waals surface area contributed by atoms with Crippen molar-refractivity contribution in [2.45, 2.75) is 31.4 Å². The topological polar surface area (TPSA) is 100 Å². The average Bonchev–Trinajstić information content (AvgIpc) is 2.81. The van der Waals surface area contributed by atoms with Crippen molar-refractivity contribution in [3.8, 4) is 5.75 Å². The highest BCUT2D eigenvalue weighted by Crippen LogP contribution is 2.29. The molecule has 0 bridgehead atoms. The molecule has 10 heteroatoms. The summed E-state index contributed by atoms with van der Waals surface area (Å²) in [5, 5.41) is 3.41. The number of ether oxygens (including phenoxy) is 2. The second-order valence-corrected chi connectivity index (χ2v) is 9.49. The Balaban J connectivity index is 1.53. The average molecular weight is 482 g/mol. The highest BCUT2D eigenvalue weighted by molar-refractivity contribution is 6.33. The van der Waals surface area contributed by atoms with Gasteiger partial charge in [0.1, 0.15) is 5.75 Å². The molecule has 2 aliphatic heterocycles. The number of benzene rings is 1. The first-order valence-corrected chi connectivity index (χ1v) is 11.8. The molecular weight excluding hydrogens is 446 g/mol. The zero-order chi connectivity index (χ0) is 24.1. The number of likely N-dealkylation sites (tertiary alicyclic amines) is 2. The van der Waals surface area contributed by atoms with Crippen LogP contribution in [0.4, 0.5) is 10.5 Å². The Kier molecular flexibility index (Phi) is 8.67. The van der Waals surface area contributed by atoms with E-state index in [-0.39, 0.29) is 24.1 Å². The minimum atomic E-state index is -0.257. The van der Waals surface area contributed by atoms with Crippen LogP contribution >= 0.6 is 11.6 Å². The number of hydrogen-bond donors (Lipinski definition) is 2. The van der Waals surface area contributed by atoms with E-state index in [4.69, 9.17) is 26.8 Å². The first kappa shape index (κ1) is 25.4. The van der Waals surface area contributed by atoms with Gasteiger partial charge >= 0.3 is 6.03 Å². The Morgan fingerprint density at radius 1 is 1.18 bits per heavy atom. The lowest BCUT2D eigenvalue weighted by Crippen LogP contribution is -2.56. The molecule has 2 heterocycles. The summed E-state index contributed by atoms with van der Waals surface area (Å²) in [5.41, 5.74) is 6.55. The Morgan fingerprint density at radius 3 is 2.48 bits per heavy atom. The smallest absolute Gasteiger partial charge is 0.319 e. The number of rotatable bonds is 6. The zero-order valence-electron chi connectivity index (χ0n) is 20.0. The third-order valence-corrected chi connectivity index (χ3v) is 6.94. The fourth-order valence-corrected chi connectivity index (χ4v) is 4.83. The Hall–Kier alpha value is -2.23. The number of hydrogen-bond acceptors (Lipinski definition) is 6. The van der Waals surface area contributed by atoms with E-state index in [0.717, 1.165) is 52.0 Å². The van der Waals surface area contributed by atoms with E-state index < -0.39 is 0 Å². The molecule has 0 spiro atoms. The largest absolute Gasteiger partial charge is 0.496 e. The molecule has 33 heavy (non-hydrogen) atoms. The third kappa shape index (κ3) is 6.22. The highest BCUT2D eigenvalue weighted by atomic mass is 35.5. The number of anilines is 1. The summed E-state index contributed by atoms with van der Waals surface area (Å²) in [6, 6.07) is 3.07. The molecule has 0 aromatic heterocycles. The Bertz CT molecular complexity index is 844. The number of carbonyl (C=O) groups is 2. The van der Waals surface area contributed by atoms with Gasteiger partial charge < -0.3 is 35.2 Å². The van der Waals surface area contributed by atoms with Crippen molar-refractivity contribution < 1.29 is 19.1 Å². The number of piperidine rings is 2. The number of nitrogens with two attached hydrogens (primary N) is 1. The van der Waals surface area contributed by atoms with Gasteiger partial charge in [0.15, 0.2) is 0 Å². The number of nitrogens with zero attached hydrogens (tertiary/aromatic N) is 3. The normalized spacial score (nSPS) is 22.2. The summed E-state index contributed by atoms with van der Waals surface area (Å²) in [4.78, 5) is 31.1. The second-order valence-electron chi connectivity index (χ2n) is 9.08. The summed E-state index contributed by atoms with van der Waals surface area (Å²) < 4.78 is 11.1. The van der Waals surface area contributed by atoms with Crippen molar-refractivity contribution in [3.63, 3.8) is 0 Å². The van der Waals surface area contributed by atoms with Gasteiger partial charge in [-0.25, -0.2) is 4.79 Å². The van der Waals surface area contributed by atoms with Gasteiger partial charge in [-0.2, -0.15) is 0 Å². The Labute approximate surface area is 201 Å². The molecule has 2 atom stereocenters. The lowest BCUT2D eigenvalue weighted by molar-refractivity contribution is -0.000793. The first-order valence-electron chi connectivity index (χ1n) is 11.4. The van der Waals surface area contributed by atoms with E-state index in [0.29, 0.717) is 27.9 Å². The summed E-state index contributed by atoms with van der Waals surface area (Å²) >= 11 is 6.12. The van der Waals surface area contributed by atoms with Gasteiger partial charge in [0.25, 0.3) is 5.91 Å². The van der Waals surface area contributed by atoms with Crippen molar-refractivity contribution >= 4 is 29.2 Å². The minimum Gasteiger partial charge on any atom is -0.496 e. The molecule has 184 valence electrons. The number of halogens is 1. The maximum absolute atomic E-state index is 13.0. The molecule has 3 N–H and O–H groups in total. The van der Waals surface area contributed by atoms with Crippen LogP contribution in [0.3, 0.4) is 0 Å². The van der Waals surface area contributed by atoms with Gasteiger partial charge in [-0.1, -0.05) is 11.6 Å². The number of nitrogens with one attached hydrogen (secondary N) is 1. The van der Waals surface area contributed by atoms with Gasteiger partial charge in [-0.3, -0.25) is 4.79 Å². The van der Waals surface area contributed by atoms with Crippen LogP contribution in [0.15, 0.2) is 12.1 Å². The van der Waals surface area contributed by atoms with Crippen LogP contribution in [0.2, 0.25) is 5.02 Å². The summed E-state index contributed by atoms with van der Waals surface area (Å²) in [6.07, 6.45) is 2.68. The quantitative estimate of drug-likeness (QED) is 0.604. The zero-order valence-corrected chi connectivity index (χ0v) is 20.7. The SMILES string of the molecule is COc1cc(N)c(Cl)cc1C(=O)N[C@H]1CCN(CC2CCN(C(=O)N(C)C)CC2)C[C@H]1OC. The van der Waals surface area contributed by atoms with Crippen LogP contribution in [0.1, 0.15) is 29.6 Å². The molecule has 0 radical (unpaired) electrons. The van der Waals surface area contributed by atoms with Gasteiger partial charge in [-0.05, 0) is 31.2 Å². The van der Waals surface area contributed by atoms with Crippen LogP contribution in [0, 0.1) is 5.92 Å². The molecular formula is C23H36ClN5O4. The van der Waals surface area contributed by atoms with Gasteiger partial charge in [0, 0.05) is 60.0 Å². The number of amides is 3. The maximum Gasteiger partial charge on any atom is 0.319 e. The highest BCUT2D eigenvalue weighted by Gasteiger charge is 2.33. The summed E-state index contributed by atoms with van der Waals surface area (Å²) in [7, 11) is 6.76. The molecule has 0 saturated carbocycles. The van der Waals surface area contributed by atoms with Crippen molar-refractivity contribution in [1.29, 1.82) is 0 Å². The molecule has 3 amide bonds. The second kappa shape index (κ2) is 11.3. The molecule has 0 unspecified atom stereocenters. The van der Waals surface area contributed by atoms with Crippen LogP contribution in [-0.2, 0) is 4.74 Å². The van der Waals surface area contributed by atoms with Crippen molar-refractivity contribution in [1.82, 2.24) is 20.0 Å². The molecule has 0 aliphatic carbocycles. The van der Waals surface area contributed by atoms with E-state index in [9.17, 15) is 9.59 Å². The molecule has 3 rings (SSSR count). The van der Waals surface area contributed by atoms with Crippen molar-refractivity contribution in [3.05, 3.63) is 22.7 Å². The maximum atomic E-state index is 13.0. The molecule has 2 aliphatic rings. The number of nitrogen functional groups attached to an aromatic ring is 1. The van der Waals surface area contributed by atoms with Crippen LogP contribution in [-0.4, -0.2) is 99.8 Å². The number of methoxy groups -OCH3 is 2. The van der Waals surface area contributed by atoms with Gasteiger partial charge in [-0.15, -0.1) is 0 Å². The van der Waals surface area contributed by atoms with E-state index in [1.54, 1.807) is 32.2 Å².